The fourth-order valence-electron chi connectivity index (χ4n) is 2.65. The van der Waals surface area contributed by atoms with E-state index in [0.717, 1.165) is 28.1 Å². The van der Waals surface area contributed by atoms with Crippen LogP contribution in [0.1, 0.15) is 27.7 Å². The minimum absolute atomic E-state index is 0.500. The summed E-state index contributed by atoms with van der Waals surface area (Å²) in [7, 11) is 0. The third kappa shape index (κ3) is 4.40. The molecule has 0 aliphatic carbocycles. The molecular formula is C24H26N2. The predicted octanol–water partition coefficient (Wildman–Crippen LogP) is 6.74. The summed E-state index contributed by atoms with van der Waals surface area (Å²) in [5, 5.41) is 0. The molecule has 3 aromatic carbocycles. The number of para-hydroxylation sites is 3. The largest absolute Gasteiger partial charge is 0.292 e. The van der Waals surface area contributed by atoms with E-state index in [0.29, 0.717) is 5.41 Å². The van der Waals surface area contributed by atoms with Crippen molar-refractivity contribution in [2.24, 2.45) is 5.41 Å². The Morgan fingerprint density at radius 1 is 0.654 bits per heavy atom. The minimum atomic E-state index is 0.500. The van der Waals surface area contributed by atoms with Crippen LogP contribution >= 0.6 is 0 Å². The molecule has 0 aliphatic heterocycles. The van der Waals surface area contributed by atoms with Crippen LogP contribution in [0.15, 0.2) is 84.9 Å². The average Bonchev–Trinajstić information content (AvgIpc) is 3.01. The summed E-state index contributed by atoms with van der Waals surface area (Å²) in [4.78, 5) is 4.82. The zero-order chi connectivity index (χ0) is 18.6. The van der Waals surface area contributed by atoms with Gasteiger partial charge in [0.05, 0.1) is 11.0 Å². The van der Waals surface area contributed by atoms with Gasteiger partial charge in [-0.05, 0) is 29.7 Å². The van der Waals surface area contributed by atoms with Crippen LogP contribution in [-0.4, -0.2) is 9.55 Å². The van der Waals surface area contributed by atoms with Crippen molar-refractivity contribution in [1.29, 1.82) is 0 Å². The summed E-state index contributed by atoms with van der Waals surface area (Å²) >= 11 is 0. The Hall–Kier alpha value is -2.87. The van der Waals surface area contributed by atoms with Gasteiger partial charge >= 0.3 is 0 Å². The highest BCUT2D eigenvalue weighted by Crippen LogP contribution is 2.28. The monoisotopic (exact) mass is 342 g/mol. The van der Waals surface area contributed by atoms with E-state index in [2.05, 4.69) is 86.9 Å². The first-order valence-electron chi connectivity index (χ1n) is 9.02. The van der Waals surface area contributed by atoms with Crippen molar-refractivity contribution in [1.82, 2.24) is 9.55 Å². The number of fused-ring (bicyclic) bond motifs is 1. The third-order valence-corrected chi connectivity index (χ3v) is 3.61. The normalized spacial score (nSPS) is 11.1. The van der Waals surface area contributed by atoms with Crippen LogP contribution in [-0.2, 0) is 0 Å². The van der Waals surface area contributed by atoms with Crippen LogP contribution in [0, 0.1) is 5.41 Å². The molecule has 0 bridgehead atoms. The Balaban J connectivity index is 0.000000349. The molecule has 0 saturated heterocycles. The summed E-state index contributed by atoms with van der Waals surface area (Å²) in [6.45, 7) is 8.75. The zero-order valence-electron chi connectivity index (χ0n) is 16.0. The van der Waals surface area contributed by atoms with Crippen LogP contribution in [0.25, 0.3) is 28.1 Å². The molecule has 4 rings (SSSR count). The molecule has 0 atom stereocenters. The van der Waals surface area contributed by atoms with Crippen molar-refractivity contribution in [3.63, 3.8) is 0 Å². The Bertz CT molecular complexity index is 955. The lowest BCUT2D eigenvalue weighted by Gasteiger charge is -2.09. The molecule has 0 amide bonds. The molecule has 0 N–H and O–H groups in total. The lowest BCUT2D eigenvalue weighted by molar-refractivity contribution is 0.469. The highest BCUT2D eigenvalue weighted by atomic mass is 15.1. The van der Waals surface area contributed by atoms with Gasteiger partial charge in [0.2, 0.25) is 0 Å². The van der Waals surface area contributed by atoms with Gasteiger partial charge < -0.3 is 0 Å². The van der Waals surface area contributed by atoms with E-state index in [1.54, 1.807) is 0 Å². The number of nitrogens with zero attached hydrogens (tertiary/aromatic N) is 2. The Morgan fingerprint density at radius 3 is 1.77 bits per heavy atom. The van der Waals surface area contributed by atoms with Gasteiger partial charge in [0.25, 0.3) is 0 Å². The highest BCUT2D eigenvalue weighted by Gasteiger charge is 2.13. The van der Waals surface area contributed by atoms with Gasteiger partial charge in [0.1, 0.15) is 5.82 Å². The number of imidazole rings is 1. The fraction of sp³-hybridized carbons (Fsp3) is 0.208. The van der Waals surface area contributed by atoms with E-state index in [1.807, 2.05) is 30.3 Å². The predicted molar refractivity (Wildman–Crippen MR) is 112 cm³/mol. The first kappa shape index (κ1) is 17.9. The van der Waals surface area contributed by atoms with Crippen molar-refractivity contribution in [3.8, 4) is 17.1 Å². The van der Waals surface area contributed by atoms with Crippen LogP contribution in [0.2, 0.25) is 0 Å². The van der Waals surface area contributed by atoms with E-state index < -0.39 is 0 Å². The van der Waals surface area contributed by atoms with Crippen LogP contribution in [0.5, 0.6) is 0 Å². The Morgan fingerprint density at radius 2 is 1.15 bits per heavy atom. The van der Waals surface area contributed by atoms with Gasteiger partial charge in [0.15, 0.2) is 0 Å². The fourth-order valence-corrected chi connectivity index (χ4v) is 2.65. The maximum absolute atomic E-state index is 4.82. The van der Waals surface area contributed by atoms with Gasteiger partial charge in [-0.1, -0.05) is 88.4 Å². The lowest BCUT2D eigenvalue weighted by atomic mass is 10.0. The van der Waals surface area contributed by atoms with E-state index in [-0.39, 0.29) is 0 Å². The second kappa shape index (κ2) is 7.57. The van der Waals surface area contributed by atoms with E-state index in [9.17, 15) is 0 Å². The van der Waals surface area contributed by atoms with Gasteiger partial charge in [0, 0.05) is 11.3 Å². The Kier molecular flexibility index (Phi) is 5.22. The second-order valence-electron chi connectivity index (χ2n) is 7.96. The molecule has 0 fully saturated rings. The van der Waals surface area contributed by atoms with E-state index >= 15 is 0 Å². The molecular weight excluding hydrogens is 316 g/mol. The number of benzene rings is 3. The Labute approximate surface area is 156 Å². The summed E-state index contributed by atoms with van der Waals surface area (Å²) in [5.41, 5.74) is 4.89. The SMILES string of the molecule is CC(C)(C)C.c1ccc(-c2nc3ccccc3n2-c2ccccc2)cc1. The average molecular weight is 342 g/mol. The summed E-state index contributed by atoms with van der Waals surface area (Å²) in [6, 6.07) is 28.9. The first-order chi connectivity index (χ1) is 12.4. The molecule has 0 unspecified atom stereocenters. The summed E-state index contributed by atoms with van der Waals surface area (Å²) in [5.74, 6) is 0.975. The van der Waals surface area contributed by atoms with Gasteiger partial charge in [-0.3, -0.25) is 4.57 Å². The molecule has 4 aromatic rings. The summed E-state index contributed by atoms with van der Waals surface area (Å²) < 4.78 is 2.21. The molecule has 1 aromatic heterocycles. The van der Waals surface area contributed by atoms with Gasteiger partial charge in [-0.15, -0.1) is 0 Å². The molecule has 1 heterocycles. The van der Waals surface area contributed by atoms with Crippen molar-refractivity contribution < 1.29 is 0 Å². The third-order valence-electron chi connectivity index (χ3n) is 3.61. The number of hydrogen-bond donors (Lipinski definition) is 0. The molecule has 132 valence electrons. The van der Waals surface area contributed by atoms with Crippen molar-refractivity contribution in [2.75, 3.05) is 0 Å². The molecule has 2 nitrogen and oxygen atoms in total. The van der Waals surface area contributed by atoms with Gasteiger partial charge in [-0.25, -0.2) is 4.98 Å². The molecule has 0 aliphatic rings. The molecule has 0 spiro atoms. The second-order valence-corrected chi connectivity index (χ2v) is 7.96. The lowest BCUT2D eigenvalue weighted by Crippen LogP contribution is -1.96. The minimum Gasteiger partial charge on any atom is -0.292 e. The maximum atomic E-state index is 4.82. The number of rotatable bonds is 2. The standard InChI is InChI=1S/C19H14N2.C5H12/c1-3-9-15(10-4-1)19-20-17-13-7-8-14-18(17)21(19)16-11-5-2-6-12-16;1-5(2,3)4/h1-14H;1-4H3. The quantitative estimate of drug-likeness (QED) is 0.394. The molecule has 26 heavy (non-hydrogen) atoms. The van der Waals surface area contributed by atoms with Crippen LogP contribution in [0.3, 0.4) is 0 Å². The van der Waals surface area contributed by atoms with E-state index in [4.69, 9.17) is 4.98 Å². The van der Waals surface area contributed by atoms with Crippen molar-refractivity contribution in [2.45, 2.75) is 27.7 Å². The zero-order valence-corrected chi connectivity index (χ0v) is 16.0. The first-order valence-corrected chi connectivity index (χ1v) is 9.02. The van der Waals surface area contributed by atoms with Crippen LogP contribution < -0.4 is 0 Å². The van der Waals surface area contributed by atoms with Gasteiger partial charge in [-0.2, -0.15) is 0 Å². The number of aromatic nitrogens is 2. The summed E-state index contributed by atoms with van der Waals surface area (Å²) in [6.07, 6.45) is 0. The van der Waals surface area contributed by atoms with Crippen LogP contribution in [0.4, 0.5) is 0 Å². The van der Waals surface area contributed by atoms with Crippen molar-refractivity contribution in [3.05, 3.63) is 84.9 Å². The highest BCUT2D eigenvalue weighted by molar-refractivity contribution is 5.83. The smallest absolute Gasteiger partial charge is 0.145 e. The van der Waals surface area contributed by atoms with Crippen molar-refractivity contribution >= 4 is 11.0 Å². The number of hydrogen-bond acceptors (Lipinski definition) is 1. The molecule has 0 radical (unpaired) electrons. The molecule has 2 heteroatoms. The topological polar surface area (TPSA) is 17.8 Å². The molecule has 0 saturated carbocycles. The maximum Gasteiger partial charge on any atom is 0.145 e. The van der Waals surface area contributed by atoms with E-state index in [1.165, 1.54) is 0 Å².